The van der Waals surface area contributed by atoms with Crippen molar-refractivity contribution in [2.75, 3.05) is 33.3 Å². The molecule has 2 aliphatic rings. The second-order valence-corrected chi connectivity index (χ2v) is 11.2. The van der Waals surface area contributed by atoms with E-state index in [1.807, 2.05) is 34.6 Å². The first kappa shape index (κ1) is 27.1. The summed E-state index contributed by atoms with van der Waals surface area (Å²) < 4.78 is 26.6. The highest BCUT2D eigenvalue weighted by molar-refractivity contribution is 6.34. The van der Waals surface area contributed by atoms with Crippen molar-refractivity contribution in [1.82, 2.24) is 19.7 Å². The number of benzene rings is 1. The minimum Gasteiger partial charge on any atom is -0.490 e. The van der Waals surface area contributed by atoms with Crippen molar-refractivity contribution >= 4 is 23.6 Å². The van der Waals surface area contributed by atoms with Gasteiger partial charge in [-0.3, -0.25) is 9.69 Å². The summed E-state index contributed by atoms with van der Waals surface area (Å²) in [4.78, 5) is 36.3. The van der Waals surface area contributed by atoms with Gasteiger partial charge in [-0.1, -0.05) is 23.7 Å². The molecule has 0 bridgehead atoms. The lowest BCUT2D eigenvalue weighted by Gasteiger charge is -2.40. The number of hydrogen-bond donors (Lipinski definition) is 0. The Balaban J connectivity index is 1.73. The van der Waals surface area contributed by atoms with Gasteiger partial charge in [-0.25, -0.2) is 14.2 Å². The summed E-state index contributed by atoms with van der Waals surface area (Å²) in [5.41, 5.74) is 0.511. The molecule has 2 aromatic rings. The Bertz CT molecular complexity index is 1200. The Labute approximate surface area is 222 Å². The van der Waals surface area contributed by atoms with Gasteiger partial charge in [0.05, 0.1) is 11.7 Å². The van der Waals surface area contributed by atoms with Crippen LogP contribution in [0.15, 0.2) is 24.3 Å². The molecule has 1 fully saturated rings. The van der Waals surface area contributed by atoms with Gasteiger partial charge in [0.2, 0.25) is 0 Å². The molecule has 0 N–H and O–H groups in total. The summed E-state index contributed by atoms with van der Waals surface area (Å²) >= 11 is 6.79. The fourth-order valence-corrected chi connectivity index (χ4v) is 4.73. The molecule has 37 heavy (non-hydrogen) atoms. The van der Waals surface area contributed by atoms with Crippen molar-refractivity contribution in [2.24, 2.45) is 0 Å². The molecule has 4 rings (SSSR count). The third-order valence-corrected chi connectivity index (χ3v) is 7.01. The number of piperazine rings is 1. The molecule has 2 aliphatic heterocycles. The zero-order valence-electron chi connectivity index (χ0n) is 22.2. The molecular formula is C27H34ClFN4O4. The average molecular weight is 533 g/mol. The molecule has 200 valence electrons. The second kappa shape index (κ2) is 10.5. The fourth-order valence-electron chi connectivity index (χ4n) is 4.42. The SMILES string of the molecule is CC(C)N(C)C(=O)c1nc(-c2ccccc2F)c(Cl)c2c1CN1CCN(C(=O)OC(C)(C)C)CC1CO2. The molecule has 0 aliphatic carbocycles. The summed E-state index contributed by atoms with van der Waals surface area (Å²) in [6.45, 7) is 11.4. The van der Waals surface area contributed by atoms with Gasteiger partial charge < -0.3 is 19.3 Å². The van der Waals surface area contributed by atoms with Crippen LogP contribution in [0.5, 0.6) is 5.75 Å². The Morgan fingerprint density at radius 2 is 1.95 bits per heavy atom. The quantitative estimate of drug-likeness (QED) is 0.563. The van der Waals surface area contributed by atoms with E-state index in [0.29, 0.717) is 37.5 Å². The number of halogens is 2. The summed E-state index contributed by atoms with van der Waals surface area (Å²) in [5.74, 6) is -0.463. The van der Waals surface area contributed by atoms with Gasteiger partial charge in [-0.05, 0) is 46.8 Å². The van der Waals surface area contributed by atoms with Gasteiger partial charge >= 0.3 is 6.09 Å². The lowest BCUT2D eigenvalue weighted by atomic mass is 10.0. The smallest absolute Gasteiger partial charge is 0.410 e. The molecule has 0 radical (unpaired) electrons. The molecule has 10 heteroatoms. The maximum absolute atomic E-state index is 14.8. The van der Waals surface area contributed by atoms with Crippen molar-refractivity contribution in [1.29, 1.82) is 0 Å². The van der Waals surface area contributed by atoms with Gasteiger partial charge in [-0.2, -0.15) is 0 Å². The highest BCUT2D eigenvalue weighted by Gasteiger charge is 2.38. The lowest BCUT2D eigenvalue weighted by Crippen LogP contribution is -2.56. The highest BCUT2D eigenvalue weighted by Crippen LogP contribution is 2.41. The van der Waals surface area contributed by atoms with Crippen molar-refractivity contribution in [3.05, 3.63) is 46.4 Å². The van der Waals surface area contributed by atoms with Crippen molar-refractivity contribution in [3.63, 3.8) is 0 Å². The molecule has 0 spiro atoms. The number of rotatable bonds is 3. The Hall–Kier alpha value is -2.91. The molecule has 1 unspecified atom stereocenters. The first-order valence-electron chi connectivity index (χ1n) is 12.5. The number of carbonyl (C=O) groups is 2. The Kier molecular flexibility index (Phi) is 7.67. The van der Waals surface area contributed by atoms with E-state index < -0.39 is 11.4 Å². The number of nitrogens with zero attached hydrogens (tertiary/aromatic N) is 4. The number of ether oxygens (including phenoxy) is 2. The van der Waals surface area contributed by atoms with E-state index in [9.17, 15) is 14.0 Å². The number of aromatic nitrogens is 1. The topological polar surface area (TPSA) is 75.2 Å². The largest absolute Gasteiger partial charge is 0.490 e. The van der Waals surface area contributed by atoms with Gasteiger partial charge in [0, 0.05) is 50.4 Å². The maximum atomic E-state index is 14.8. The minimum atomic E-state index is -0.593. The van der Waals surface area contributed by atoms with Crippen LogP contribution in [0.1, 0.15) is 50.7 Å². The van der Waals surface area contributed by atoms with Crippen LogP contribution < -0.4 is 4.74 Å². The molecule has 1 atom stereocenters. The Morgan fingerprint density at radius 1 is 1.24 bits per heavy atom. The summed E-state index contributed by atoms with van der Waals surface area (Å²) in [5, 5.41) is 0.160. The highest BCUT2D eigenvalue weighted by atomic mass is 35.5. The number of carbonyl (C=O) groups excluding carboxylic acids is 2. The van der Waals surface area contributed by atoms with Gasteiger partial charge in [-0.15, -0.1) is 0 Å². The van der Waals surface area contributed by atoms with Crippen LogP contribution in [0.4, 0.5) is 9.18 Å². The van der Waals surface area contributed by atoms with E-state index in [-0.39, 0.29) is 52.7 Å². The molecule has 1 aromatic carbocycles. The predicted octanol–water partition coefficient (Wildman–Crippen LogP) is 4.84. The summed E-state index contributed by atoms with van der Waals surface area (Å²) in [6.07, 6.45) is -0.370. The monoisotopic (exact) mass is 532 g/mol. The van der Waals surface area contributed by atoms with E-state index in [1.54, 1.807) is 35.0 Å². The van der Waals surface area contributed by atoms with Gasteiger partial charge in [0.25, 0.3) is 5.91 Å². The molecule has 0 saturated carbocycles. The first-order chi connectivity index (χ1) is 17.4. The van der Waals surface area contributed by atoms with E-state index in [1.165, 1.54) is 6.07 Å². The third kappa shape index (κ3) is 5.67. The maximum Gasteiger partial charge on any atom is 0.410 e. The molecule has 3 heterocycles. The van der Waals surface area contributed by atoms with Crippen LogP contribution in [0.2, 0.25) is 5.02 Å². The average Bonchev–Trinajstić information content (AvgIpc) is 3.02. The van der Waals surface area contributed by atoms with E-state index in [4.69, 9.17) is 21.1 Å². The fraction of sp³-hybridized carbons (Fsp3) is 0.519. The van der Waals surface area contributed by atoms with Crippen LogP contribution in [-0.2, 0) is 11.3 Å². The van der Waals surface area contributed by atoms with E-state index in [0.717, 1.165) is 0 Å². The number of hydrogen-bond acceptors (Lipinski definition) is 6. The minimum absolute atomic E-state index is 0.0747. The van der Waals surface area contributed by atoms with Crippen LogP contribution >= 0.6 is 11.6 Å². The molecule has 8 nitrogen and oxygen atoms in total. The zero-order valence-corrected chi connectivity index (χ0v) is 22.9. The van der Waals surface area contributed by atoms with Gasteiger partial charge in [0.1, 0.15) is 34.5 Å². The number of fused-ring (bicyclic) bond motifs is 2. The number of amides is 2. The Morgan fingerprint density at radius 3 is 2.59 bits per heavy atom. The van der Waals surface area contributed by atoms with Gasteiger partial charge in [0.15, 0.2) is 0 Å². The molecule has 1 saturated heterocycles. The lowest BCUT2D eigenvalue weighted by molar-refractivity contribution is -0.00155. The number of pyridine rings is 1. The molecular weight excluding hydrogens is 499 g/mol. The van der Waals surface area contributed by atoms with Crippen molar-refractivity contribution in [2.45, 2.75) is 58.8 Å². The summed E-state index contributed by atoms with van der Waals surface area (Å²) in [7, 11) is 1.71. The van der Waals surface area contributed by atoms with Crippen LogP contribution in [0.25, 0.3) is 11.3 Å². The van der Waals surface area contributed by atoms with Crippen molar-refractivity contribution < 1.29 is 23.5 Å². The third-order valence-electron chi connectivity index (χ3n) is 6.65. The van der Waals surface area contributed by atoms with E-state index >= 15 is 0 Å². The van der Waals surface area contributed by atoms with Crippen molar-refractivity contribution in [3.8, 4) is 17.0 Å². The first-order valence-corrected chi connectivity index (χ1v) is 12.8. The summed E-state index contributed by atoms with van der Waals surface area (Å²) in [6, 6.07) is 5.96. The van der Waals surface area contributed by atoms with Crippen LogP contribution in [0, 0.1) is 5.82 Å². The molecule has 1 aromatic heterocycles. The molecule has 2 amide bonds. The van der Waals surface area contributed by atoms with E-state index in [2.05, 4.69) is 9.88 Å². The zero-order chi connectivity index (χ0) is 27.1. The second-order valence-electron chi connectivity index (χ2n) is 10.8. The predicted molar refractivity (Wildman–Crippen MR) is 139 cm³/mol. The van der Waals surface area contributed by atoms with Crippen LogP contribution in [0.3, 0.4) is 0 Å². The standard InChI is InChI=1S/C27H34ClFN4O4/c1-16(2)31(6)25(34)23-19-14-32-11-12-33(26(35)37-27(3,4)5)13-17(32)15-36-24(19)21(28)22(30-23)18-9-7-8-10-20(18)29/h7-10,16-17H,11-15H2,1-6H3. The normalized spacial score (nSPS) is 18.0. The van der Waals surface area contributed by atoms with Crippen LogP contribution in [-0.4, -0.2) is 82.7 Å².